The Morgan fingerprint density at radius 2 is 1.57 bits per heavy atom. The molecular weight excluding hydrogens is 167 g/mol. The van der Waals surface area contributed by atoms with Crippen LogP contribution in [-0.4, -0.2) is 0 Å². The van der Waals surface area contributed by atoms with E-state index in [0.717, 1.165) is 11.5 Å². The molecule has 0 saturated heterocycles. The van der Waals surface area contributed by atoms with Crippen molar-refractivity contribution in [1.82, 2.24) is 0 Å². The summed E-state index contributed by atoms with van der Waals surface area (Å²) in [5, 5.41) is 0. The molecule has 2 aromatic rings. The van der Waals surface area contributed by atoms with E-state index < -0.39 is 0 Å². The summed E-state index contributed by atoms with van der Waals surface area (Å²) >= 11 is 0. The molecule has 14 heavy (non-hydrogen) atoms. The van der Waals surface area contributed by atoms with Crippen molar-refractivity contribution in [2.45, 2.75) is 0 Å². The Labute approximate surface area is 95.9 Å². The van der Waals surface area contributed by atoms with Crippen LogP contribution in [0.25, 0.3) is 0 Å². The second-order valence-electron chi connectivity index (χ2n) is 2.64. The van der Waals surface area contributed by atoms with Crippen LogP contribution in [0.4, 0.5) is 0 Å². The van der Waals surface area contributed by atoms with Crippen molar-refractivity contribution >= 4 is 0 Å². The van der Waals surface area contributed by atoms with Gasteiger partial charge in [0.15, 0.2) is 0 Å². The van der Waals surface area contributed by atoms with E-state index >= 15 is 0 Å². The average Bonchev–Trinajstić information content (AvgIpc) is 2.21. The third-order valence-corrected chi connectivity index (χ3v) is 1.65. The molecule has 0 saturated carbocycles. The fourth-order valence-corrected chi connectivity index (χ4v) is 1.06. The number of ether oxygens (including phenoxy) is 1. The van der Waals surface area contributed by atoms with Gasteiger partial charge in [-0.05, 0) is 12.1 Å². The summed E-state index contributed by atoms with van der Waals surface area (Å²) in [6.45, 7) is 0. The molecule has 0 aromatic heterocycles. The Balaban J connectivity index is 0.000000980. The minimum Gasteiger partial charge on any atom is -0.483 e. The maximum atomic E-state index is 5.52. The van der Waals surface area contributed by atoms with Crippen molar-refractivity contribution in [2.75, 3.05) is 0 Å². The quantitative estimate of drug-likeness (QED) is 0.472. The maximum absolute atomic E-state index is 5.52. The molecule has 0 bridgehead atoms. The first-order valence-corrected chi connectivity index (χ1v) is 4.15. The first-order chi connectivity index (χ1) is 6.45. The monoisotopic (exact) mass is 176 g/mol. The summed E-state index contributed by atoms with van der Waals surface area (Å²) in [6.07, 6.45) is 0. The van der Waals surface area contributed by atoms with Crippen LogP contribution in [0.15, 0.2) is 54.6 Å². The average molecular weight is 176 g/mol. The number of benzene rings is 2. The van der Waals surface area contributed by atoms with Crippen molar-refractivity contribution in [1.29, 1.82) is 0 Å². The summed E-state index contributed by atoms with van der Waals surface area (Å²) in [5.41, 5.74) is 0. The molecule has 0 aliphatic carbocycles. The van der Waals surface area contributed by atoms with Gasteiger partial charge in [0.25, 0.3) is 0 Å². The molecule has 0 aliphatic heterocycles. The van der Waals surface area contributed by atoms with Gasteiger partial charge in [0.05, 0.1) is 0 Å². The van der Waals surface area contributed by atoms with Crippen LogP contribution in [0.1, 0.15) is 0 Å². The molecule has 0 N–H and O–H groups in total. The van der Waals surface area contributed by atoms with Crippen molar-refractivity contribution < 1.29 is 23.6 Å². The van der Waals surface area contributed by atoms with E-state index in [1.165, 1.54) is 0 Å². The number of para-hydroxylation sites is 2. The van der Waals surface area contributed by atoms with Gasteiger partial charge in [0.2, 0.25) is 0 Å². The van der Waals surface area contributed by atoms with Gasteiger partial charge in [-0.15, -0.1) is 12.1 Å². The van der Waals surface area contributed by atoms with Crippen molar-refractivity contribution in [3.8, 4) is 11.5 Å². The van der Waals surface area contributed by atoms with Crippen molar-refractivity contribution in [2.24, 2.45) is 0 Å². The Morgan fingerprint density at radius 3 is 2.21 bits per heavy atom. The third-order valence-electron chi connectivity index (χ3n) is 1.65. The van der Waals surface area contributed by atoms with Gasteiger partial charge < -0.3 is 4.74 Å². The number of rotatable bonds is 2. The second-order valence-corrected chi connectivity index (χ2v) is 2.64. The number of hydrogen-bond acceptors (Lipinski definition) is 1. The summed E-state index contributed by atoms with van der Waals surface area (Å²) in [7, 11) is 0. The third kappa shape index (κ3) is 2.96. The van der Waals surface area contributed by atoms with Crippen LogP contribution < -0.4 is 23.6 Å². The summed E-state index contributed by atoms with van der Waals surface area (Å²) in [5.74, 6) is 1.58. The fraction of sp³-hybridized carbons (Fsp3) is 0. The predicted molar refractivity (Wildman–Crippen MR) is 51.8 cm³/mol. The molecule has 2 aromatic carbocycles. The molecule has 0 heterocycles. The van der Waals surface area contributed by atoms with Crippen LogP contribution in [0.5, 0.6) is 11.5 Å². The Kier molecular flexibility index (Phi) is 4.32. The van der Waals surface area contributed by atoms with E-state index in [-0.39, 0.29) is 18.9 Å². The standard InChI is InChI=1S/C12H9O.Li/c1-3-7-11(8-4-1)13-12-9-5-2-6-10-12;/h1-9H;/q-1;+1. The molecule has 0 radical (unpaired) electrons. The normalized spacial score (nSPS) is 8.86. The van der Waals surface area contributed by atoms with Gasteiger partial charge in [-0.25, -0.2) is 0 Å². The summed E-state index contributed by atoms with van der Waals surface area (Å²) in [4.78, 5) is 0. The summed E-state index contributed by atoms with van der Waals surface area (Å²) < 4.78 is 5.52. The molecular formula is C12H9LiO. The smallest absolute Gasteiger partial charge is 0.483 e. The van der Waals surface area contributed by atoms with Crippen LogP contribution in [0.3, 0.4) is 0 Å². The summed E-state index contributed by atoms with van der Waals surface area (Å²) in [6, 6.07) is 20.2. The molecule has 0 unspecified atom stereocenters. The van der Waals surface area contributed by atoms with E-state index in [4.69, 9.17) is 4.74 Å². The Bertz CT molecular complexity index is 321. The van der Waals surface area contributed by atoms with Crippen molar-refractivity contribution in [3.05, 3.63) is 60.7 Å². The van der Waals surface area contributed by atoms with Crippen LogP contribution >= 0.6 is 0 Å². The van der Waals surface area contributed by atoms with E-state index in [0.29, 0.717) is 0 Å². The van der Waals surface area contributed by atoms with Gasteiger partial charge in [0.1, 0.15) is 5.75 Å². The van der Waals surface area contributed by atoms with Gasteiger partial charge in [0, 0.05) is 5.75 Å². The zero-order chi connectivity index (χ0) is 8.93. The van der Waals surface area contributed by atoms with Gasteiger partial charge in [-0.3, -0.25) is 0 Å². The molecule has 0 spiro atoms. The molecule has 0 fully saturated rings. The topological polar surface area (TPSA) is 9.23 Å². The maximum Gasteiger partial charge on any atom is 1.00 e. The van der Waals surface area contributed by atoms with Crippen LogP contribution in [0.2, 0.25) is 0 Å². The minimum atomic E-state index is 0. The molecule has 1 nitrogen and oxygen atoms in total. The predicted octanol–water partition coefficient (Wildman–Crippen LogP) is 0.283. The zero-order valence-corrected chi connectivity index (χ0v) is 8.10. The second kappa shape index (κ2) is 5.54. The first-order valence-electron chi connectivity index (χ1n) is 4.15. The largest absolute Gasteiger partial charge is 1.00 e. The van der Waals surface area contributed by atoms with Crippen LogP contribution in [-0.2, 0) is 0 Å². The van der Waals surface area contributed by atoms with E-state index in [9.17, 15) is 0 Å². The molecule has 2 rings (SSSR count). The van der Waals surface area contributed by atoms with E-state index in [1.54, 1.807) is 0 Å². The first kappa shape index (κ1) is 10.9. The molecule has 64 valence electrons. The number of hydrogen-bond donors (Lipinski definition) is 0. The Hall–Kier alpha value is -1.16. The molecule has 2 heteroatoms. The van der Waals surface area contributed by atoms with Gasteiger partial charge in [-0.1, -0.05) is 18.2 Å². The molecule has 0 aliphatic rings. The molecule has 0 atom stereocenters. The molecule has 0 amide bonds. The van der Waals surface area contributed by atoms with Gasteiger partial charge >= 0.3 is 18.9 Å². The SMILES string of the molecule is [Li+].[c-]1ccccc1Oc1ccccc1. The van der Waals surface area contributed by atoms with E-state index in [1.807, 2.05) is 54.6 Å². The Morgan fingerprint density at radius 1 is 0.857 bits per heavy atom. The van der Waals surface area contributed by atoms with Gasteiger partial charge in [-0.2, -0.15) is 18.2 Å². The minimum absolute atomic E-state index is 0. The van der Waals surface area contributed by atoms with Crippen molar-refractivity contribution in [3.63, 3.8) is 0 Å². The fourth-order valence-electron chi connectivity index (χ4n) is 1.06. The van der Waals surface area contributed by atoms with E-state index in [2.05, 4.69) is 6.07 Å². The zero-order valence-electron chi connectivity index (χ0n) is 8.10. The van der Waals surface area contributed by atoms with Crippen LogP contribution in [0, 0.1) is 6.07 Å².